The highest BCUT2D eigenvalue weighted by Crippen LogP contribution is 2.32. The number of rotatable bonds is 9. The zero-order valence-corrected chi connectivity index (χ0v) is 19.6. The van der Waals surface area contributed by atoms with E-state index in [2.05, 4.69) is 9.88 Å². The molecule has 0 unspecified atom stereocenters. The smallest absolute Gasteiger partial charge is 0.239 e. The molecule has 9 heteroatoms. The molecule has 1 heterocycles. The number of amides is 1. The molecule has 0 bridgehead atoms. The van der Waals surface area contributed by atoms with E-state index in [-0.39, 0.29) is 29.9 Å². The molecule has 0 aliphatic heterocycles. The minimum absolute atomic E-state index is 0. The van der Waals surface area contributed by atoms with E-state index in [4.69, 9.17) is 4.74 Å². The van der Waals surface area contributed by atoms with Crippen LogP contribution in [0.4, 0.5) is 9.52 Å². The van der Waals surface area contributed by atoms with Gasteiger partial charge in [0, 0.05) is 11.4 Å². The Balaban J connectivity index is 0.00000320. The second kappa shape index (κ2) is 11.5. The molecule has 1 aromatic heterocycles. The van der Waals surface area contributed by atoms with Crippen molar-refractivity contribution in [3.05, 3.63) is 48.3 Å². The number of carbonyl (C=O) groups is 1. The zero-order chi connectivity index (χ0) is 20.8. The largest absolute Gasteiger partial charge is 0.497 e. The molecule has 0 saturated carbocycles. The summed E-state index contributed by atoms with van der Waals surface area (Å²) in [5.41, 5.74) is 0.849. The first-order valence-corrected chi connectivity index (χ1v) is 11.0. The molecule has 0 fully saturated rings. The normalized spacial score (nSPS) is 10.8. The second-order valence-electron chi connectivity index (χ2n) is 6.77. The Kier molecular flexibility index (Phi) is 9.36. The number of ether oxygens (including phenoxy) is 1. The molecule has 0 aliphatic rings. The first-order valence-electron chi connectivity index (χ1n) is 9.24. The molecule has 3 rings (SSSR count). The van der Waals surface area contributed by atoms with Gasteiger partial charge in [-0.2, -0.15) is 0 Å². The van der Waals surface area contributed by atoms with Crippen molar-refractivity contribution < 1.29 is 13.9 Å². The number of aromatic nitrogens is 1. The number of thioether (sulfide) groups is 1. The van der Waals surface area contributed by atoms with E-state index in [1.807, 2.05) is 32.3 Å². The van der Waals surface area contributed by atoms with Gasteiger partial charge in [-0.15, -0.1) is 24.2 Å². The average Bonchev–Trinajstić information content (AvgIpc) is 3.13. The van der Waals surface area contributed by atoms with Gasteiger partial charge in [-0.3, -0.25) is 9.69 Å². The van der Waals surface area contributed by atoms with Crippen LogP contribution < -0.4 is 9.64 Å². The maximum atomic E-state index is 13.1. The third-order valence-corrected chi connectivity index (χ3v) is 6.32. The minimum atomic E-state index is -0.282. The third-order valence-electron chi connectivity index (χ3n) is 4.28. The van der Waals surface area contributed by atoms with Crippen molar-refractivity contribution in [3.8, 4) is 5.75 Å². The van der Waals surface area contributed by atoms with Crippen LogP contribution in [0.25, 0.3) is 10.2 Å². The highest BCUT2D eigenvalue weighted by Gasteiger charge is 2.20. The lowest BCUT2D eigenvalue weighted by atomic mass is 10.3. The van der Waals surface area contributed by atoms with Crippen LogP contribution in [0.5, 0.6) is 5.75 Å². The Morgan fingerprint density at radius 1 is 1.17 bits per heavy atom. The van der Waals surface area contributed by atoms with Gasteiger partial charge in [0.15, 0.2) is 5.13 Å². The topological polar surface area (TPSA) is 45.7 Å². The van der Waals surface area contributed by atoms with E-state index in [1.165, 1.54) is 35.2 Å². The molecule has 1 amide bonds. The van der Waals surface area contributed by atoms with Crippen molar-refractivity contribution in [3.63, 3.8) is 0 Å². The predicted octanol–water partition coefficient (Wildman–Crippen LogP) is 4.94. The molecule has 0 atom stereocenters. The molecule has 2 aromatic carbocycles. The van der Waals surface area contributed by atoms with Crippen molar-refractivity contribution in [1.29, 1.82) is 0 Å². The molecule has 5 nitrogen and oxygen atoms in total. The SMILES string of the molecule is COc1ccc2nc(N(CCCN(C)C)C(=O)CSc3ccc(F)cc3)sc2c1.Cl. The van der Waals surface area contributed by atoms with E-state index in [0.717, 1.165) is 33.8 Å². The molecule has 0 N–H and O–H groups in total. The van der Waals surface area contributed by atoms with Crippen molar-refractivity contribution in [2.45, 2.75) is 11.3 Å². The lowest BCUT2D eigenvalue weighted by Crippen LogP contribution is -2.34. The molecule has 162 valence electrons. The Morgan fingerprint density at radius 3 is 2.57 bits per heavy atom. The van der Waals surface area contributed by atoms with Crippen molar-refractivity contribution in [2.24, 2.45) is 0 Å². The number of thiazole rings is 1. The average molecular weight is 470 g/mol. The second-order valence-corrected chi connectivity index (χ2v) is 8.83. The van der Waals surface area contributed by atoms with Crippen LogP contribution >= 0.6 is 35.5 Å². The highest BCUT2D eigenvalue weighted by atomic mass is 35.5. The number of benzene rings is 2. The van der Waals surface area contributed by atoms with E-state index >= 15 is 0 Å². The summed E-state index contributed by atoms with van der Waals surface area (Å²) >= 11 is 2.89. The quantitative estimate of drug-likeness (QED) is 0.415. The Morgan fingerprint density at radius 2 is 1.90 bits per heavy atom. The number of carbonyl (C=O) groups excluding carboxylic acids is 1. The number of methoxy groups -OCH3 is 1. The van der Waals surface area contributed by atoms with E-state index in [0.29, 0.717) is 11.7 Å². The molecule has 0 radical (unpaired) electrons. The van der Waals surface area contributed by atoms with Gasteiger partial charge in [-0.1, -0.05) is 11.3 Å². The third kappa shape index (κ3) is 6.57. The summed E-state index contributed by atoms with van der Waals surface area (Å²) in [7, 11) is 5.66. The number of halogens is 2. The lowest BCUT2D eigenvalue weighted by molar-refractivity contribution is -0.116. The Labute approximate surface area is 190 Å². The van der Waals surface area contributed by atoms with Gasteiger partial charge in [-0.05, 0) is 69.5 Å². The number of hydrogen-bond donors (Lipinski definition) is 0. The molecular formula is C21H25ClFN3O2S2. The summed E-state index contributed by atoms with van der Waals surface area (Å²) in [6, 6.07) is 11.9. The van der Waals surface area contributed by atoms with Crippen molar-refractivity contribution >= 4 is 56.8 Å². The summed E-state index contributed by atoms with van der Waals surface area (Å²) < 4.78 is 19.4. The van der Waals surface area contributed by atoms with Crippen molar-refractivity contribution in [2.75, 3.05) is 44.9 Å². The van der Waals surface area contributed by atoms with Crippen LogP contribution in [0.1, 0.15) is 6.42 Å². The van der Waals surface area contributed by atoms with Gasteiger partial charge >= 0.3 is 0 Å². The van der Waals surface area contributed by atoms with Gasteiger partial charge in [-0.25, -0.2) is 9.37 Å². The Hall–Kier alpha value is -1.87. The van der Waals surface area contributed by atoms with Crippen molar-refractivity contribution in [1.82, 2.24) is 9.88 Å². The van der Waals surface area contributed by atoms with Gasteiger partial charge in [0.1, 0.15) is 11.6 Å². The van der Waals surface area contributed by atoms with Gasteiger partial charge in [0.2, 0.25) is 5.91 Å². The van der Waals surface area contributed by atoms with Crippen LogP contribution in [0.3, 0.4) is 0 Å². The summed E-state index contributed by atoms with van der Waals surface area (Å²) in [5.74, 6) is 0.748. The first-order chi connectivity index (χ1) is 14.0. The molecular weight excluding hydrogens is 445 g/mol. The summed E-state index contributed by atoms with van der Waals surface area (Å²) in [6.45, 7) is 1.48. The zero-order valence-electron chi connectivity index (χ0n) is 17.1. The fraction of sp³-hybridized carbons (Fsp3) is 0.333. The van der Waals surface area contributed by atoms with Gasteiger partial charge in [0.05, 0.1) is 23.1 Å². The van der Waals surface area contributed by atoms with E-state index in [1.54, 1.807) is 24.1 Å². The summed E-state index contributed by atoms with van der Waals surface area (Å²) in [5, 5.41) is 0.691. The maximum Gasteiger partial charge on any atom is 0.239 e. The van der Waals surface area contributed by atoms with Crippen LogP contribution in [0.15, 0.2) is 47.4 Å². The van der Waals surface area contributed by atoms with Gasteiger partial charge < -0.3 is 9.64 Å². The van der Waals surface area contributed by atoms with E-state index < -0.39 is 0 Å². The monoisotopic (exact) mass is 469 g/mol. The minimum Gasteiger partial charge on any atom is -0.497 e. The summed E-state index contributed by atoms with van der Waals surface area (Å²) in [4.78, 5) is 22.4. The molecule has 0 spiro atoms. The molecule has 30 heavy (non-hydrogen) atoms. The van der Waals surface area contributed by atoms with Crippen LogP contribution in [-0.2, 0) is 4.79 Å². The predicted molar refractivity (Wildman–Crippen MR) is 126 cm³/mol. The number of hydrogen-bond acceptors (Lipinski definition) is 6. The maximum absolute atomic E-state index is 13.1. The first kappa shape index (κ1) is 24.4. The van der Waals surface area contributed by atoms with E-state index in [9.17, 15) is 9.18 Å². The number of anilines is 1. The number of fused-ring (bicyclic) bond motifs is 1. The van der Waals surface area contributed by atoms with Crippen LogP contribution in [0.2, 0.25) is 0 Å². The highest BCUT2D eigenvalue weighted by molar-refractivity contribution is 8.00. The number of nitrogens with zero attached hydrogens (tertiary/aromatic N) is 3. The Bertz CT molecular complexity index is 967. The molecule has 0 aliphatic carbocycles. The van der Waals surface area contributed by atoms with Gasteiger partial charge in [0.25, 0.3) is 0 Å². The van der Waals surface area contributed by atoms with Crippen LogP contribution in [0, 0.1) is 5.82 Å². The molecule has 0 saturated heterocycles. The fourth-order valence-corrected chi connectivity index (χ4v) is 4.57. The standard InChI is InChI=1S/C21H24FN3O2S2.ClH/c1-24(2)11-4-12-25(20(26)14-28-17-8-5-15(22)6-9-17)21-23-18-10-7-16(27-3)13-19(18)29-21;/h5-10,13H,4,11-12,14H2,1-3H3;1H. The van der Waals surface area contributed by atoms with Crippen LogP contribution in [-0.4, -0.2) is 55.8 Å². The summed E-state index contributed by atoms with van der Waals surface area (Å²) in [6.07, 6.45) is 0.846. The fourth-order valence-electron chi connectivity index (χ4n) is 2.76. The molecule has 3 aromatic rings. The lowest BCUT2D eigenvalue weighted by Gasteiger charge is -2.21.